The zero-order valence-corrected chi connectivity index (χ0v) is 22.9. The highest BCUT2D eigenvalue weighted by Crippen LogP contribution is 2.40. The van der Waals surface area contributed by atoms with Crippen molar-refractivity contribution in [1.29, 1.82) is 0 Å². The molecule has 1 aliphatic heterocycles. The largest absolute Gasteiger partial charge is 0.496 e. The Morgan fingerprint density at radius 3 is 2.38 bits per heavy atom. The van der Waals surface area contributed by atoms with Crippen molar-refractivity contribution < 1.29 is 24.2 Å². The number of nitrogens with zero attached hydrogens (tertiary/aromatic N) is 2. The Morgan fingerprint density at radius 1 is 1.11 bits per heavy atom. The molecule has 0 amide bonds. The van der Waals surface area contributed by atoms with Gasteiger partial charge in [0, 0.05) is 29.2 Å². The number of ether oxygens (including phenoxy) is 2. The molecular weight excluding hydrogens is 468 g/mol. The smallest absolute Gasteiger partial charge is 0.419 e. The van der Waals surface area contributed by atoms with E-state index in [0.29, 0.717) is 18.0 Å². The molecule has 37 heavy (non-hydrogen) atoms. The number of rotatable bonds is 5. The molecule has 1 saturated heterocycles. The summed E-state index contributed by atoms with van der Waals surface area (Å²) in [7, 11) is 1.68. The van der Waals surface area contributed by atoms with Crippen LogP contribution in [0.3, 0.4) is 0 Å². The van der Waals surface area contributed by atoms with Crippen LogP contribution in [0.4, 0.5) is 4.79 Å². The maximum Gasteiger partial charge on any atom is 0.419 e. The second-order valence-electron chi connectivity index (χ2n) is 11.3. The topological polar surface area (TPSA) is 81.0 Å². The summed E-state index contributed by atoms with van der Waals surface area (Å²) in [6.07, 6.45) is 1.68. The van der Waals surface area contributed by atoms with Gasteiger partial charge in [-0.2, -0.15) is 0 Å². The minimum absolute atomic E-state index is 0.154. The van der Waals surface area contributed by atoms with Crippen LogP contribution in [-0.2, 0) is 11.3 Å². The first kappa shape index (κ1) is 26.7. The lowest BCUT2D eigenvalue weighted by Crippen LogP contribution is -2.36. The van der Waals surface area contributed by atoms with Crippen LogP contribution in [0, 0.1) is 19.8 Å². The lowest BCUT2D eigenvalue weighted by Gasteiger charge is -2.39. The van der Waals surface area contributed by atoms with E-state index in [0.717, 1.165) is 58.4 Å². The number of piperidine rings is 1. The summed E-state index contributed by atoms with van der Waals surface area (Å²) in [4.78, 5) is 27.0. The molecule has 0 saturated carbocycles. The molecule has 1 aliphatic rings. The second kappa shape index (κ2) is 10.2. The fraction of sp³-hybridized carbons (Fsp3) is 0.467. The standard InChI is InChI=1S/C30H38N2O5/c1-18-12-13-31(25(14-18)21-8-10-22(11-9-21)28(33)34)17-24-23-16-20(3)32(29(35)37-30(4,5)6)27(23)19(2)15-26(24)36-7/h8-11,15-16,18,25H,12-14,17H2,1-7H3,(H,33,34)/t18-,25+/m1/s1. The van der Waals surface area contributed by atoms with Crippen LogP contribution in [0.5, 0.6) is 5.75 Å². The number of carboxylic acids is 1. The Balaban J connectivity index is 1.77. The molecule has 1 aromatic heterocycles. The van der Waals surface area contributed by atoms with Crippen molar-refractivity contribution >= 4 is 23.0 Å². The molecule has 3 aromatic rings. The van der Waals surface area contributed by atoms with Gasteiger partial charge in [0.15, 0.2) is 0 Å². The van der Waals surface area contributed by atoms with Gasteiger partial charge in [0.05, 0.1) is 18.2 Å². The Morgan fingerprint density at radius 2 is 1.78 bits per heavy atom. The first-order valence-corrected chi connectivity index (χ1v) is 12.9. The van der Waals surface area contributed by atoms with Gasteiger partial charge in [-0.1, -0.05) is 19.1 Å². The molecule has 0 spiro atoms. The molecular formula is C30H38N2O5. The van der Waals surface area contributed by atoms with E-state index in [4.69, 9.17) is 9.47 Å². The van der Waals surface area contributed by atoms with Crippen molar-refractivity contribution in [1.82, 2.24) is 9.47 Å². The van der Waals surface area contributed by atoms with Gasteiger partial charge in [-0.25, -0.2) is 14.2 Å². The van der Waals surface area contributed by atoms with E-state index in [1.54, 1.807) is 23.8 Å². The molecule has 2 atom stereocenters. The summed E-state index contributed by atoms with van der Waals surface area (Å²) in [5, 5.41) is 10.3. The van der Waals surface area contributed by atoms with E-state index >= 15 is 0 Å². The van der Waals surface area contributed by atoms with Crippen molar-refractivity contribution in [2.75, 3.05) is 13.7 Å². The van der Waals surface area contributed by atoms with E-state index < -0.39 is 11.6 Å². The van der Waals surface area contributed by atoms with Crippen molar-refractivity contribution in [2.45, 2.75) is 72.6 Å². The van der Waals surface area contributed by atoms with Gasteiger partial charge in [0.2, 0.25) is 0 Å². The number of hydrogen-bond acceptors (Lipinski definition) is 5. The van der Waals surface area contributed by atoms with E-state index in [-0.39, 0.29) is 12.1 Å². The monoisotopic (exact) mass is 506 g/mol. The lowest BCUT2D eigenvalue weighted by atomic mass is 9.87. The predicted octanol–water partition coefficient (Wildman–Crippen LogP) is 6.72. The molecule has 0 unspecified atom stereocenters. The van der Waals surface area contributed by atoms with Gasteiger partial charge >= 0.3 is 12.1 Å². The number of aromatic nitrogens is 1. The average molecular weight is 507 g/mol. The Bertz CT molecular complexity index is 1320. The number of methoxy groups -OCH3 is 1. The van der Waals surface area contributed by atoms with E-state index in [9.17, 15) is 14.7 Å². The second-order valence-corrected chi connectivity index (χ2v) is 11.3. The van der Waals surface area contributed by atoms with Crippen molar-refractivity contribution in [3.63, 3.8) is 0 Å². The number of benzene rings is 2. The zero-order valence-electron chi connectivity index (χ0n) is 22.9. The zero-order chi connectivity index (χ0) is 27.1. The molecule has 0 aliphatic carbocycles. The summed E-state index contributed by atoms with van der Waals surface area (Å²) in [6, 6.07) is 11.4. The third kappa shape index (κ3) is 5.52. The number of aromatic carboxylic acids is 1. The summed E-state index contributed by atoms with van der Waals surface area (Å²) in [5.41, 5.74) is 4.45. The SMILES string of the molecule is COc1cc(C)c2c(cc(C)n2C(=O)OC(C)(C)C)c1CN1CC[C@@H](C)C[C@H]1c1ccc(C(=O)O)cc1. The Hall–Kier alpha value is -3.32. The van der Waals surface area contributed by atoms with Gasteiger partial charge in [-0.15, -0.1) is 0 Å². The maximum absolute atomic E-state index is 13.2. The minimum Gasteiger partial charge on any atom is -0.496 e. The van der Waals surface area contributed by atoms with Crippen LogP contribution in [0.15, 0.2) is 36.4 Å². The molecule has 4 rings (SSSR count). The van der Waals surface area contributed by atoms with Crippen LogP contribution in [-0.4, -0.2) is 45.9 Å². The van der Waals surface area contributed by atoms with Crippen molar-refractivity contribution in [3.05, 3.63) is 64.3 Å². The van der Waals surface area contributed by atoms with E-state index in [1.165, 1.54) is 0 Å². The normalized spacial score (nSPS) is 18.7. The van der Waals surface area contributed by atoms with Crippen LogP contribution < -0.4 is 4.74 Å². The molecule has 0 bridgehead atoms. The molecule has 2 aromatic carbocycles. The average Bonchev–Trinajstić information content (AvgIpc) is 3.18. The summed E-state index contributed by atoms with van der Waals surface area (Å²) in [6.45, 7) is 13.4. The van der Waals surface area contributed by atoms with Crippen molar-refractivity contribution in [3.8, 4) is 5.75 Å². The number of hydrogen-bond donors (Lipinski definition) is 1. The van der Waals surface area contributed by atoms with Gasteiger partial charge < -0.3 is 14.6 Å². The minimum atomic E-state index is -0.919. The maximum atomic E-state index is 13.2. The highest BCUT2D eigenvalue weighted by molar-refractivity contribution is 5.96. The van der Waals surface area contributed by atoms with E-state index in [2.05, 4.69) is 11.8 Å². The number of fused-ring (bicyclic) bond motifs is 1. The summed E-state index contributed by atoms with van der Waals surface area (Å²) in [5.74, 6) is 0.442. The molecule has 1 N–H and O–H groups in total. The van der Waals surface area contributed by atoms with Gasteiger partial charge in [-0.3, -0.25) is 4.90 Å². The Kier molecular flexibility index (Phi) is 7.38. The van der Waals surface area contributed by atoms with Crippen LogP contribution in [0.25, 0.3) is 10.9 Å². The quantitative estimate of drug-likeness (QED) is 0.414. The van der Waals surface area contributed by atoms with Crippen LogP contribution >= 0.6 is 0 Å². The molecule has 0 radical (unpaired) electrons. The Labute approximate surface area is 219 Å². The fourth-order valence-electron chi connectivity index (χ4n) is 5.41. The number of likely N-dealkylation sites (tertiary alicyclic amines) is 1. The van der Waals surface area contributed by atoms with Crippen LogP contribution in [0.2, 0.25) is 0 Å². The predicted molar refractivity (Wildman–Crippen MR) is 145 cm³/mol. The number of aryl methyl sites for hydroxylation is 2. The van der Waals surface area contributed by atoms with Gasteiger partial charge in [-0.05, 0) is 95.3 Å². The lowest BCUT2D eigenvalue weighted by molar-refractivity contribution is 0.0540. The molecule has 198 valence electrons. The molecule has 2 heterocycles. The molecule has 7 nitrogen and oxygen atoms in total. The first-order valence-electron chi connectivity index (χ1n) is 12.9. The van der Waals surface area contributed by atoms with E-state index in [1.807, 2.05) is 58.9 Å². The number of carbonyl (C=O) groups excluding carboxylic acids is 1. The van der Waals surface area contributed by atoms with Gasteiger partial charge in [0.25, 0.3) is 0 Å². The summed E-state index contributed by atoms with van der Waals surface area (Å²) < 4.78 is 13.2. The first-order chi connectivity index (χ1) is 17.4. The number of carboxylic acid groups (broad SMARTS) is 1. The van der Waals surface area contributed by atoms with Crippen LogP contribution in [0.1, 0.15) is 79.3 Å². The fourth-order valence-corrected chi connectivity index (χ4v) is 5.41. The molecule has 7 heteroatoms. The highest BCUT2D eigenvalue weighted by atomic mass is 16.6. The third-order valence-corrected chi connectivity index (χ3v) is 7.20. The third-order valence-electron chi connectivity index (χ3n) is 7.20. The van der Waals surface area contributed by atoms with Crippen molar-refractivity contribution in [2.24, 2.45) is 5.92 Å². The number of carbonyl (C=O) groups is 2. The molecule has 1 fully saturated rings. The highest BCUT2D eigenvalue weighted by Gasteiger charge is 2.30. The van der Waals surface area contributed by atoms with Gasteiger partial charge in [0.1, 0.15) is 11.4 Å². The summed E-state index contributed by atoms with van der Waals surface area (Å²) >= 11 is 0.